The fourth-order valence-corrected chi connectivity index (χ4v) is 2.18. The smallest absolute Gasteiger partial charge is 0.416 e. The summed E-state index contributed by atoms with van der Waals surface area (Å²) in [5.74, 6) is 0. The van der Waals surface area contributed by atoms with Crippen LogP contribution in [0.2, 0.25) is 0 Å². The molecule has 2 rings (SSSR count). The van der Waals surface area contributed by atoms with Crippen molar-refractivity contribution in [2.75, 3.05) is 6.54 Å². The molecule has 23 heavy (non-hydrogen) atoms. The highest BCUT2D eigenvalue weighted by Gasteiger charge is 2.30. The second kappa shape index (κ2) is 6.14. The monoisotopic (exact) mass is 328 g/mol. The van der Waals surface area contributed by atoms with Gasteiger partial charge in [0.25, 0.3) is 0 Å². The maximum absolute atomic E-state index is 12.7. The van der Waals surface area contributed by atoms with Gasteiger partial charge in [0.2, 0.25) is 0 Å². The van der Waals surface area contributed by atoms with Crippen LogP contribution in [0, 0.1) is 0 Å². The first kappa shape index (κ1) is 17.2. The molecule has 0 unspecified atom stereocenters. The number of carbonyl (C=O) groups is 1. The number of carbonyl (C=O) groups excluding carboxylic acids is 1. The summed E-state index contributed by atoms with van der Waals surface area (Å²) >= 11 is 0. The number of aromatic nitrogens is 1. The first-order chi connectivity index (χ1) is 10.6. The van der Waals surface area contributed by atoms with E-state index in [2.05, 4.69) is 10.3 Å². The van der Waals surface area contributed by atoms with Gasteiger partial charge in [0, 0.05) is 23.6 Å². The summed E-state index contributed by atoms with van der Waals surface area (Å²) in [6.45, 7) is 5.64. The number of amides is 1. The number of hydrogen-bond acceptors (Lipinski definition) is 2. The number of benzene rings is 1. The number of rotatable bonds is 3. The van der Waals surface area contributed by atoms with Crippen LogP contribution >= 0.6 is 0 Å². The molecule has 0 aliphatic heterocycles. The van der Waals surface area contributed by atoms with Gasteiger partial charge in [-0.1, -0.05) is 6.07 Å². The van der Waals surface area contributed by atoms with Gasteiger partial charge < -0.3 is 15.0 Å². The zero-order chi connectivity index (χ0) is 17.3. The second-order valence-corrected chi connectivity index (χ2v) is 6.25. The molecule has 0 saturated carbocycles. The Morgan fingerprint density at radius 2 is 1.96 bits per heavy atom. The summed E-state index contributed by atoms with van der Waals surface area (Å²) in [7, 11) is 0. The average Bonchev–Trinajstić information content (AvgIpc) is 2.78. The molecule has 2 aromatic rings. The highest BCUT2D eigenvalue weighted by molar-refractivity contribution is 5.84. The lowest BCUT2D eigenvalue weighted by atomic mass is 10.1. The fraction of sp³-hybridized carbons (Fsp3) is 0.438. The molecule has 1 aromatic heterocycles. The maximum atomic E-state index is 12.7. The molecule has 0 radical (unpaired) electrons. The van der Waals surface area contributed by atoms with Crippen LogP contribution in [-0.2, 0) is 17.3 Å². The number of hydrogen-bond donors (Lipinski definition) is 2. The molecule has 0 saturated heterocycles. The van der Waals surface area contributed by atoms with Crippen molar-refractivity contribution in [3.8, 4) is 0 Å². The van der Waals surface area contributed by atoms with Crippen LogP contribution in [-0.4, -0.2) is 23.2 Å². The van der Waals surface area contributed by atoms with E-state index in [0.29, 0.717) is 23.9 Å². The molecule has 0 aliphatic carbocycles. The van der Waals surface area contributed by atoms with Crippen molar-refractivity contribution in [3.63, 3.8) is 0 Å². The van der Waals surface area contributed by atoms with E-state index in [4.69, 9.17) is 4.74 Å². The van der Waals surface area contributed by atoms with Crippen molar-refractivity contribution < 1.29 is 22.7 Å². The van der Waals surface area contributed by atoms with Gasteiger partial charge in [-0.15, -0.1) is 0 Å². The van der Waals surface area contributed by atoms with Gasteiger partial charge in [0.05, 0.1) is 5.56 Å². The highest BCUT2D eigenvalue weighted by Crippen LogP contribution is 2.32. The van der Waals surface area contributed by atoms with E-state index in [-0.39, 0.29) is 0 Å². The van der Waals surface area contributed by atoms with E-state index in [9.17, 15) is 18.0 Å². The molecule has 7 heteroatoms. The van der Waals surface area contributed by atoms with E-state index in [1.807, 2.05) is 0 Å². The quantitative estimate of drug-likeness (QED) is 0.885. The third kappa shape index (κ3) is 4.64. The van der Waals surface area contributed by atoms with Gasteiger partial charge in [-0.25, -0.2) is 4.79 Å². The van der Waals surface area contributed by atoms with Gasteiger partial charge in [-0.05, 0) is 44.9 Å². The van der Waals surface area contributed by atoms with Gasteiger partial charge in [-0.3, -0.25) is 0 Å². The van der Waals surface area contributed by atoms with Gasteiger partial charge in [-0.2, -0.15) is 13.2 Å². The minimum absolute atomic E-state index is 0.336. The Kier molecular flexibility index (Phi) is 4.58. The predicted octanol–water partition coefficient (Wildman–Crippen LogP) is 4.25. The summed E-state index contributed by atoms with van der Waals surface area (Å²) in [5, 5.41) is 3.33. The van der Waals surface area contributed by atoms with Crippen molar-refractivity contribution in [1.82, 2.24) is 10.3 Å². The molecule has 4 nitrogen and oxygen atoms in total. The van der Waals surface area contributed by atoms with Crippen molar-refractivity contribution in [3.05, 3.63) is 35.5 Å². The molecule has 0 fully saturated rings. The van der Waals surface area contributed by atoms with Crippen molar-refractivity contribution >= 4 is 17.0 Å². The van der Waals surface area contributed by atoms with Crippen molar-refractivity contribution in [2.45, 2.75) is 39.0 Å². The average molecular weight is 328 g/mol. The highest BCUT2D eigenvalue weighted by atomic mass is 19.4. The predicted molar refractivity (Wildman–Crippen MR) is 81.2 cm³/mol. The molecule has 0 bridgehead atoms. The molecule has 126 valence electrons. The molecular formula is C16H19F3N2O2. The zero-order valence-corrected chi connectivity index (χ0v) is 13.2. The third-order valence-corrected chi connectivity index (χ3v) is 3.16. The second-order valence-electron chi connectivity index (χ2n) is 6.25. The van der Waals surface area contributed by atoms with Crippen molar-refractivity contribution in [1.29, 1.82) is 0 Å². The van der Waals surface area contributed by atoms with E-state index >= 15 is 0 Å². The molecule has 0 spiro atoms. The molecule has 1 aromatic carbocycles. The van der Waals surface area contributed by atoms with Gasteiger partial charge >= 0.3 is 12.3 Å². The lowest BCUT2D eigenvalue weighted by Crippen LogP contribution is -2.33. The Morgan fingerprint density at radius 3 is 2.57 bits per heavy atom. The normalized spacial score (nSPS) is 12.4. The summed E-state index contributed by atoms with van der Waals surface area (Å²) in [6.07, 6.45) is -2.74. The summed E-state index contributed by atoms with van der Waals surface area (Å²) in [5.41, 5.74) is 0.000866. The van der Waals surface area contributed by atoms with Crippen LogP contribution in [0.5, 0.6) is 0 Å². The largest absolute Gasteiger partial charge is 0.444 e. The third-order valence-electron chi connectivity index (χ3n) is 3.16. The Hall–Kier alpha value is -2.18. The molecule has 1 heterocycles. The number of ether oxygens (including phenoxy) is 1. The Bertz CT molecular complexity index is 699. The lowest BCUT2D eigenvalue weighted by Gasteiger charge is -2.19. The lowest BCUT2D eigenvalue weighted by molar-refractivity contribution is -0.137. The number of alkyl halides is 3. The van der Waals surface area contributed by atoms with Crippen LogP contribution in [0.3, 0.4) is 0 Å². The zero-order valence-electron chi connectivity index (χ0n) is 13.2. The van der Waals surface area contributed by atoms with Gasteiger partial charge in [0.1, 0.15) is 5.60 Å². The van der Waals surface area contributed by atoms with Crippen LogP contribution in [0.1, 0.15) is 31.9 Å². The number of halogens is 3. The van der Waals surface area contributed by atoms with Gasteiger partial charge in [0.15, 0.2) is 0 Å². The number of H-pyrrole nitrogens is 1. The molecule has 0 atom stereocenters. The van der Waals surface area contributed by atoms with Crippen LogP contribution in [0.25, 0.3) is 10.9 Å². The van der Waals surface area contributed by atoms with E-state index in [0.717, 1.165) is 17.7 Å². The van der Waals surface area contributed by atoms with E-state index in [1.54, 1.807) is 27.0 Å². The number of aromatic amines is 1. The summed E-state index contributed by atoms with van der Waals surface area (Å²) in [6, 6.07) is 3.58. The first-order valence-corrected chi connectivity index (χ1v) is 7.20. The molecule has 1 amide bonds. The van der Waals surface area contributed by atoms with Crippen LogP contribution < -0.4 is 5.32 Å². The Balaban J connectivity index is 2.01. The van der Waals surface area contributed by atoms with Crippen LogP contribution in [0.15, 0.2) is 24.4 Å². The SMILES string of the molecule is CC(C)(C)OC(=O)NCCc1c[nH]c2cc(C(F)(F)F)ccc12. The fourth-order valence-electron chi connectivity index (χ4n) is 2.18. The number of alkyl carbamates (subject to hydrolysis) is 1. The topological polar surface area (TPSA) is 54.1 Å². The Labute approximate surface area is 132 Å². The first-order valence-electron chi connectivity index (χ1n) is 7.20. The number of fused-ring (bicyclic) bond motifs is 1. The van der Waals surface area contributed by atoms with Crippen molar-refractivity contribution in [2.24, 2.45) is 0 Å². The molecule has 0 aliphatic rings. The minimum atomic E-state index is -4.36. The van der Waals surface area contributed by atoms with Crippen LogP contribution in [0.4, 0.5) is 18.0 Å². The van der Waals surface area contributed by atoms with E-state index in [1.165, 1.54) is 6.07 Å². The Morgan fingerprint density at radius 1 is 1.26 bits per heavy atom. The minimum Gasteiger partial charge on any atom is -0.444 e. The molecular weight excluding hydrogens is 309 g/mol. The molecule has 2 N–H and O–H groups in total. The number of nitrogens with one attached hydrogen (secondary N) is 2. The standard InChI is InChI=1S/C16H19F3N2O2/c1-15(2,3)23-14(22)20-7-6-10-9-21-13-8-11(16(17,18)19)4-5-12(10)13/h4-5,8-9,21H,6-7H2,1-3H3,(H,20,22). The maximum Gasteiger partial charge on any atom is 0.416 e. The summed E-state index contributed by atoms with van der Waals surface area (Å²) < 4.78 is 43.1. The van der Waals surface area contributed by atoms with E-state index < -0.39 is 23.4 Å². The summed E-state index contributed by atoms with van der Waals surface area (Å²) in [4.78, 5) is 14.4.